The fraction of sp³-hybridized carbons (Fsp3) is 0.389. The van der Waals surface area contributed by atoms with Crippen molar-refractivity contribution in [3.8, 4) is 17.6 Å². The predicted molar refractivity (Wildman–Crippen MR) is 90.6 cm³/mol. The molecule has 6 heteroatoms. The molecule has 0 radical (unpaired) electrons. The van der Waals surface area contributed by atoms with Gasteiger partial charge >= 0.3 is 0 Å². The Morgan fingerprint density at radius 2 is 2.00 bits per heavy atom. The first kappa shape index (κ1) is 16.1. The van der Waals surface area contributed by atoms with E-state index in [1.165, 1.54) is 6.42 Å². The van der Waals surface area contributed by atoms with Crippen LogP contribution in [0.15, 0.2) is 18.2 Å². The Balaban J connectivity index is 1.99. The van der Waals surface area contributed by atoms with E-state index in [0.29, 0.717) is 22.9 Å². The van der Waals surface area contributed by atoms with Crippen molar-refractivity contribution in [1.82, 2.24) is 14.8 Å². The van der Waals surface area contributed by atoms with E-state index in [1.807, 2.05) is 24.3 Å². The summed E-state index contributed by atoms with van der Waals surface area (Å²) in [5.41, 5.74) is 1.36. The van der Waals surface area contributed by atoms with Gasteiger partial charge in [0.05, 0.1) is 19.8 Å². The van der Waals surface area contributed by atoms with Crippen LogP contribution in [-0.2, 0) is 13.0 Å². The number of benzene rings is 1. The highest BCUT2D eigenvalue weighted by Crippen LogP contribution is 2.29. The molecule has 2 aromatic rings. The highest BCUT2D eigenvalue weighted by molar-refractivity contribution is 5.87. The third-order valence-electron chi connectivity index (χ3n) is 4.19. The van der Waals surface area contributed by atoms with Crippen molar-refractivity contribution in [2.75, 3.05) is 14.2 Å². The van der Waals surface area contributed by atoms with Gasteiger partial charge < -0.3 is 14.0 Å². The lowest BCUT2D eigenvalue weighted by Crippen LogP contribution is -2.05. The summed E-state index contributed by atoms with van der Waals surface area (Å²) in [6.07, 6.45) is 6.13. The molecule has 1 aliphatic rings. The number of rotatable bonds is 4. The first-order valence-electron chi connectivity index (χ1n) is 8.03. The lowest BCUT2D eigenvalue weighted by atomic mass is 10.1. The number of hydrogen-bond acceptors (Lipinski definition) is 5. The van der Waals surface area contributed by atoms with Gasteiger partial charge in [0.25, 0.3) is 0 Å². The summed E-state index contributed by atoms with van der Waals surface area (Å²) in [4.78, 5) is 0. The lowest BCUT2D eigenvalue weighted by Gasteiger charge is -2.08. The monoisotopic (exact) mass is 324 g/mol. The molecule has 3 rings (SSSR count). The Hall–Kier alpha value is -2.81. The Morgan fingerprint density at radius 1 is 1.17 bits per heavy atom. The second-order valence-corrected chi connectivity index (χ2v) is 5.69. The zero-order valence-corrected chi connectivity index (χ0v) is 14.0. The van der Waals surface area contributed by atoms with Crippen LogP contribution in [0.2, 0.25) is 0 Å². The van der Waals surface area contributed by atoms with Gasteiger partial charge in [-0.1, -0.05) is 12.5 Å². The van der Waals surface area contributed by atoms with Gasteiger partial charge in [-0.2, -0.15) is 5.26 Å². The highest BCUT2D eigenvalue weighted by atomic mass is 16.5. The van der Waals surface area contributed by atoms with Crippen LogP contribution >= 0.6 is 0 Å². The Morgan fingerprint density at radius 3 is 2.75 bits per heavy atom. The molecular formula is C18H20N4O2. The maximum absolute atomic E-state index is 9.60. The van der Waals surface area contributed by atoms with Crippen LogP contribution in [0.25, 0.3) is 11.6 Å². The number of aromatic nitrogens is 3. The summed E-state index contributed by atoms with van der Waals surface area (Å²) in [6, 6.07) is 7.81. The summed E-state index contributed by atoms with van der Waals surface area (Å²) in [7, 11) is 3.19. The average molecular weight is 324 g/mol. The molecule has 0 aliphatic carbocycles. The molecule has 1 aliphatic heterocycles. The fourth-order valence-electron chi connectivity index (χ4n) is 2.94. The molecule has 6 nitrogen and oxygen atoms in total. The minimum atomic E-state index is 0.503. The standard InChI is InChI=1S/C18H20N4O2/c1-23-15-8-7-13(11-16(15)24-2)10-14(12-19)18-21-20-17-6-4-3-5-9-22(17)18/h7-8,10-11H,3-6,9H2,1-2H3/b14-10+. The largest absolute Gasteiger partial charge is 0.493 e. The molecule has 0 saturated heterocycles. The quantitative estimate of drug-likeness (QED) is 0.808. The minimum Gasteiger partial charge on any atom is -0.493 e. The van der Waals surface area contributed by atoms with E-state index in [2.05, 4.69) is 20.8 Å². The number of methoxy groups -OCH3 is 2. The SMILES string of the molecule is COc1ccc(/C=C(\C#N)c2nnc3n2CCCCC3)cc1OC. The maximum atomic E-state index is 9.60. The summed E-state index contributed by atoms with van der Waals surface area (Å²) in [6.45, 7) is 0.864. The van der Waals surface area contributed by atoms with E-state index in [0.717, 1.165) is 37.2 Å². The van der Waals surface area contributed by atoms with Crippen molar-refractivity contribution in [3.05, 3.63) is 35.4 Å². The van der Waals surface area contributed by atoms with Crippen LogP contribution in [0.3, 0.4) is 0 Å². The Bertz CT molecular complexity index is 802. The lowest BCUT2D eigenvalue weighted by molar-refractivity contribution is 0.355. The molecular weight excluding hydrogens is 304 g/mol. The van der Waals surface area contributed by atoms with Gasteiger partial charge in [-0.25, -0.2) is 0 Å². The molecule has 1 aromatic carbocycles. The van der Waals surface area contributed by atoms with E-state index in [9.17, 15) is 5.26 Å². The van der Waals surface area contributed by atoms with Gasteiger partial charge in [0.15, 0.2) is 17.3 Å². The summed E-state index contributed by atoms with van der Waals surface area (Å²) in [5.74, 6) is 2.90. The van der Waals surface area contributed by atoms with Crippen LogP contribution in [-0.4, -0.2) is 29.0 Å². The Labute approximate surface area is 141 Å². The van der Waals surface area contributed by atoms with E-state index in [-0.39, 0.29) is 0 Å². The fourth-order valence-corrected chi connectivity index (χ4v) is 2.94. The van der Waals surface area contributed by atoms with Gasteiger partial charge in [0.2, 0.25) is 0 Å². The van der Waals surface area contributed by atoms with Crippen LogP contribution in [0.5, 0.6) is 11.5 Å². The van der Waals surface area contributed by atoms with E-state index in [1.54, 1.807) is 14.2 Å². The summed E-state index contributed by atoms with van der Waals surface area (Å²) in [5, 5.41) is 18.1. The predicted octanol–water partition coefficient (Wildman–Crippen LogP) is 3.09. The molecule has 0 spiro atoms. The zero-order valence-electron chi connectivity index (χ0n) is 14.0. The molecule has 0 atom stereocenters. The van der Waals surface area contributed by atoms with E-state index >= 15 is 0 Å². The molecule has 0 fully saturated rings. The van der Waals surface area contributed by atoms with E-state index < -0.39 is 0 Å². The van der Waals surface area contributed by atoms with E-state index in [4.69, 9.17) is 9.47 Å². The minimum absolute atomic E-state index is 0.503. The van der Waals surface area contributed by atoms with Gasteiger partial charge in [-0.15, -0.1) is 10.2 Å². The van der Waals surface area contributed by atoms with Crippen molar-refractivity contribution in [3.63, 3.8) is 0 Å². The zero-order chi connectivity index (χ0) is 16.9. The highest BCUT2D eigenvalue weighted by Gasteiger charge is 2.17. The van der Waals surface area contributed by atoms with Crippen molar-refractivity contribution in [1.29, 1.82) is 5.26 Å². The number of aryl methyl sites for hydroxylation is 1. The van der Waals surface area contributed by atoms with Crippen molar-refractivity contribution < 1.29 is 9.47 Å². The van der Waals surface area contributed by atoms with Crippen molar-refractivity contribution in [2.24, 2.45) is 0 Å². The molecule has 0 amide bonds. The number of ether oxygens (including phenoxy) is 2. The molecule has 124 valence electrons. The number of nitriles is 1. The second kappa shape index (κ2) is 7.18. The summed E-state index contributed by atoms with van der Waals surface area (Å²) < 4.78 is 12.6. The first-order chi connectivity index (χ1) is 11.8. The topological polar surface area (TPSA) is 73.0 Å². The molecule has 0 saturated carbocycles. The molecule has 0 bridgehead atoms. The van der Waals surface area contributed by atoms with Crippen LogP contribution in [0.4, 0.5) is 0 Å². The molecule has 24 heavy (non-hydrogen) atoms. The molecule has 0 unspecified atom stereocenters. The van der Waals surface area contributed by atoms with Crippen LogP contribution in [0.1, 0.15) is 36.5 Å². The first-order valence-corrected chi connectivity index (χ1v) is 8.03. The third-order valence-corrected chi connectivity index (χ3v) is 4.19. The normalized spacial score (nSPS) is 14.5. The number of hydrogen-bond donors (Lipinski definition) is 0. The number of nitrogens with zero attached hydrogens (tertiary/aromatic N) is 4. The van der Waals surface area contributed by atoms with Crippen molar-refractivity contribution >= 4 is 11.6 Å². The van der Waals surface area contributed by atoms with Gasteiger partial charge in [0.1, 0.15) is 11.9 Å². The van der Waals surface area contributed by atoms with Gasteiger partial charge in [0, 0.05) is 13.0 Å². The number of fused-ring (bicyclic) bond motifs is 1. The molecule has 0 N–H and O–H groups in total. The second-order valence-electron chi connectivity index (χ2n) is 5.69. The van der Waals surface area contributed by atoms with Gasteiger partial charge in [-0.3, -0.25) is 0 Å². The third kappa shape index (κ3) is 3.11. The average Bonchev–Trinajstić information content (AvgIpc) is 2.87. The number of allylic oxidation sites excluding steroid dienone is 1. The summed E-state index contributed by atoms with van der Waals surface area (Å²) >= 11 is 0. The molecule has 2 heterocycles. The van der Waals surface area contributed by atoms with Crippen LogP contribution < -0.4 is 9.47 Å². The smallest absolute Gasteiger partial charge is 0.174 e. The molecule has 1 aromatic heterocycles. The van der Waals surface area contributed by atoms with Gasteiger partial charge in [-0.05, 0) is 36.6 Å². The maximum Gasteiger partial charge on any atom is 0.174 e. The Kier molecular flexibility index (Phi) is 4.80. The van der Waals surface area contributed by atoms with Crippen molar-refractivity contribution in [2.45, 2.75) is 32.2 Å². The van der Waals surface area contributed by atoms with Crippen LogP contribution in [0, 0.1) is 11.3 Å².